The first-order valence-electron chi connectivity index (χ1n) is 5.75. The quantitative estimate of drug-likeness (QED) is 0.720. The van der Waals surface area contributed by atoms with Crippen LogP contribution in [0.4, 0.5) is 0 Å². The molecule has 0 saturated carbocycles. The maximum Gasteiger partial charge on any atom is 0.337 e. The van der Waals surface area contributed by atoms with E-state index < -0.39 is 18.2 Å². The number of aromatic amines is 1. The van der Waals surface area contributed by atoms with E-state index in [2.05, 4.69) is 9.72 Å². The third-order valence-corrected chi connectivity index (χ3v) is 3.50. The van der Waals surface area contributed by atoms with Crippen LogP contribution in [0.15, 0.2) is 34.4 Å². The van der Waals surface area contributed by atoms with Crippen molar-refractivity contribution in [3.8, 4) is 11.3 Å². The Labute approximate surface area is 118 Å². The number of H-pyrrole nitrogens is 1. The largest absolute Gasteiger partial charge is 0.467 e. The van der Waals surface area contributed by atoms with E-state index in [0.29, 0.717) is 11.3 Å². The number of ether oxygens (including phenoxy) is 1. The van der Waals surface area contributed by atoms with Crippen LogP contribution in [-0.4, -0.2) is 34.4 Å². The fourth-order valence-corrected chi connectivity index (χ4v) is 2.30. The number of esters is 1. The minimum absolute atomic E-state index is 0.148. The zero-order valence-corrected chi connectivity index (χ0v) is 11.4. The normalized spacial score (nSPS) is 13.8. The van der Waals surface area contributed by atoms with Crippen molar-refractivity contribution in [1.82, 2.24) is 4.98 Å². The first-order valence-corrected chi connectivity index (χ1v) is 6.63. The number of methoxy groups -OCH3 is 1. The second kappa shape index (κ2) is 6.00. The highest BCUT2D eigenvalue weighted by molar-refractivity contribution is 7.07. The number of aliphatic hydroxyl groups excluding tert-OH is 2. The summed E-state index contributed by atoms with van der Waals surface area (Å²) in [5.41, 5.74) is 1.82. The molecule has 20 heavy (non-hydrogen) atoms. The van der Waals surface area contributed by atoms with Crippen LogP contribution in [0.2, 0.25) is 0 Å². The Bertz CT molecular complexity index is 645. The number of aliphatic hydroxyl groups is 2. The van der Waals surface area contributed by atoms with E-state index in [1.165, 1.54) is 0 Å². The van der Waals surface area contributed by atoms with Crippen LogP contribution in [0.3, 0.4) is 0 Å². The summed E-state index contributed by atoms with van der Waals surface area (Å²) in [6, 6.07) is 6.51. The van der Waals surface area contributed by atoms with Gasteiger partial charge in [0.25, 0.3) is 0 Å². The lowest BCUT2D eigenvalue weighted by Gasteiger charge is -2.16. The van der Waals surface area contributed by atoms with Gasteiger partial charge in [-0.3, -0.25) is 4.79 Å². The van der Waals surface area contributed by atoms with E-state index in [1.807, 2.05) is 0 Å². The Kier molecular flexibility index (Phi) is 4.33. The maximum absolute atomic E-state index is 11.1. The molecule has 0 saturated heterocycles. The van der Waals surface area contributed by atoms with E-state index in [9.17, 15) is 19.8 Å². The molecule has 0 spiro atoms. The number of rotatable bonds is 4. The van der Waals surface area contributed by atoms with Crippen molar-refractivity contribution in [3.05, 3.63) is 44.9 Å². The van der Waals surface area contributed by atoms with Gasteiger partial charge in [0, 0.05) is 5.38 Å². The standard InChI is InChI=1S/C13H13NO5S/c1-19-12(17)11(16)10(15)8-4-2-7(3-5-8)9-6-20-13(18)14-9/h2-6,10-11,15-16H,1H3,(H,14,18). The summed E-state index contributed by atoms with van der Waals surface area (Å²) in [5, 5.41) is 21.1. The molecule has 2 rings (SSSR count). The molecular formula is C13H13NO5S. The summed E-state index contributed by atoms with van der Waals surface area (Å²) in [4.78, 5) is 24.7. The van der Waals surface area contributed by atoms with Crippen LogP contribution in [0.1, 0.15) is 11.7 Å². The second-order valence-electron chi connectivity index (χ2n) is 4.10. The molecule has 0 aliphatic heterocycles. The molecular weight excluding hydrogens is 282 g/mol. The zero-order chi connectivity index (χ0) is 14.7. The van der Waals surface area contributed by atoms with Crippen molar-refractivity contribution >= 4 is 17.3 Å². The van der Waals surface area contributed by atoms with Gasteiger partial charge in [0.05, 0.1) is 12.8 Å². The maximum atomic E-state index is 11.1. The predicted molar refractivity (Wildman–Crippen MR) is 73.4 cm³/mol. The molecule has 0 fully saturated rings. The highest BCUT2D eigenvalue weighted by Gasteiger charge is 2.26. The van der Waals surface area contributed by atoms with Crippen molar-refractivity contribution in [3.63, 3.8) is 0 Å². The molecule has 6 nitrogen and oxygen atoms in total. The molecule has 2 atom stereocenters. The average Bonchev–Trinajstić information content (AvgIpc) is 2.91. The monoisotopic (exact) mass is 295 g/mol. The summed E-state index contributed by atoms with van der Waals surface area (Å²) < 4.78 is 4.36. The van der Waals surface area contributed by atoms with Gasteiger partial charge in [-0.2, -0.15) is 0 Å². The number of benzene rings is 1. The third-order valence-electron chi connectivity index (χ3n) is 2.83. The molecule has 0 aliphatic carbocycles. The molecule has 0 radical (unpaired) electrons. The van der Waals surface area contributed by atoms with Gasteiger partial charge in [-0.15, -0.1) is 0 Å². The molecule has 7 heteroatoms. The summed E-state index contributed by atoms with van der Waals surface area (Å²) in [6.07, 6.45) is -3.00. The number of carbonyl (C=O) groups excluding carboxylic acids is 1. The lowest BCUT2D eigenvalue weighted by atomic mass is 10.0. The lowest BCUT2D eigenvalue weighted by Crippen LogP contribution is -2.28. The summed E-state index contributed by atoms with van der Waals surface area (Å²) in [5.74, 6) is -0.899. The smallest absolute Gasteiger partial charge is 0.337 e. The van der Waals surface area contributed by atoms with Gasteiger partial charge < -0.3 is 19.9 Å². The summed E-state index contributed by atoms with van der Waals surface area (Å²) >= 11 is 1.06. The number of carbonyl (C=O) groups is 1. The number of thiazole rings is 1. The SMILES string of the molecule is COC(=O)C(O)C(O)c1ccc(-c2csc(=O)[nH]2)cc1. The highest BCUT2D eigenvalue weighted by Crippen LogP contribution is 2.22. The van der Waals surface area contributed by atoms with Crippen LogP contribution in [-0.2, 0) is 9.53 Å². The van der Waals surface area contributed by atoms with Gasteiger partial charge >= 0.3 is 10.8 Å². The molecule has 106 valence electrons. The molecule has 0 aliphatic rings. The summed E-state index contributed by atoms with van der Waals surface area (Å²) in [6.45, 7) is 0. The lowest BCUT2D eigenvalue weighted by molar-refractivity contribution is -0.156. The Hall–Kier alpha value is -1.96. The predicted octanol–water partition coefficient (Wildman–Crippen LogP) is 0.671. The fourth-order valence-electron chi connectivity index (χ4n) is 1.71. The van der Waals surface area contributed by atoms with Gasteiger partial charge in [0.15, 0.2) is 6.10 Å². The van der Waals surface area contributed by atoms with Crippen LogP contribution < -0.4 is 4.87 Å². The molecule has 0 bridgehead atoms. The van der Waals surface area contributed by atoms with E-state index in [1.54, 1.807) is 29.6 Å². The third kappa shape index (κ3) is 2.96. The van der Waals surface area contributed by atoms with E-state index in [4.69, 9.17) is 0 Å². The van der Waals surface area contributed by atoms with E-state index in [-0.39, 0.29) is 4.87 Å². The zero-order valence-electron chi connectivity index (χ0n) is 10.6. The van der Waals surface area contributed by atoms with Crippen molar-refractivity contribution in [2.45, 2.75) is 12.2 Å². The van der Waals surface area contributed by atoms with E-state index >= 15 is 0 Å². The molecule has 0 amide bonds. The minimum Gasteiger partial charge on any atom is -0.467 e. The topological polar surface area (TPSA) is 99.6 Å². The van der Waals surface area contributed by atoms with Gasteiger partial charge in [0.2, 0.25) is 0 Å². The second-order valence-corrected chi connectivity index (χ2v) is 4.94. The Morgan fingerprint density at radius 1 is 1.30 bits per heavy atom. The van der Waals surface area contributed by atoms with E-state index in [0.717, 1.165) is 24.0 Å². The van der Waals surface area contributed by atoms with Gasteiger partial charge in [-0.05, 0) is 11.1 Å². The minimum atomic E-state index is -1.63. The molecule has 2 aromatic rings. The molecule has 3 N–H and O–H groups in total. The molecule has 1 aromatic heterocycles. The molecule has 1 heterocycles. The van der Waals surface area contributed by atoms with Gasteiger partial charge in [-0.25, -0.2) is 4.79 Å². The van der Waals surface area contributed by atoms with Crippen LogP contribution in [0, 0.1) is 0 Å². The van der Waals surface area contributed by atoms with Crippen molar-refractivity contribution in [2.24, 2.45) is 0 Å². The first kappa shape index (κ1) is 14.4. The summed E-state index contributed by atoms with van der Waals surface area (Å²) in [7, 11) is 1.13. The Balaban J connectivity index is 2.20. The van der Waals surface area contributed by atoms with Crippen LogP contribution in [0.25, 0.3) is 11.3 Å². The van der Waals surface area contributed by atoms with Gasteiger partial charge in [0.1, 0.15) is 6.10 Å². The van der Waals surface area contributed by atoms with Crippen molar-refractivity contribution < 1.29 is 19.7 Å². The molecule has 1 aromatic carbocycles. The Morgan fingerprint density at radius 2 is 1.95 bits per heavy atom. The highest BCUT2D eigenvalue weighted by atomic mass is 32.1. The molecule has 2 unspecified atom stereocenters. The van der Waals surface area contributed by atoms with Crippen LogP contribution >= 0.6 is 11.3 Å². The number of hydrogen-bond donors (Lipinski definition) is 3. The fraction of sp³-hybridized carbons (Fsp3) is 0.231. The van der Waals surface area contributed by atoms with Crippen molar-refractivity contribution in [1.29, 1.82) is 0 Å². The number of nitrogens with one attached hydrogen (secondary N) is 1. The van der Waals surface area contributed by atoms with Crippen molar-refractivity contribution in [2.75, 3.05) is 7.11 Å². The van der Waals surface area contributed by atoms with Gasteiger partial charge in [-0.1, -0.05) is 35.6 Å². The Morgan fingerprint density at radius 3 is 2.45 bits per heavy atom. The number of hydrogen-bond acceptors (Lipinski definition) is 6. The van der Waals surface area contributed by atoms with Crippen LogP contribution in [0.5, 0.6) is 0 Å². The first-order chi connectivity index (χ1) is 9.52. The average molecular weight is 295 g/mol. The number of aromatic nitrogens is 1.